The summed E-state index contributed by atoms with van der Waals surface area (Å²) in [6.45, 7) is 3.32. The zero-order valence-electron chi connectivity index (χ0n) is 17.3. The third-order valence-electron chi connectivity index (χ3n) is 5.93. The van der Waals surface area contributed by atoms with Gasteiger partial charge in [-0.3, -0.25) is 0 Å². The number of para-hydroxylation sites is 1. The Kier molecular flexibility index (Phi) is 6.43. The monoisotopic (exact) mass is 446 g/mol. The number of benzene rings is 2. The van der Waals surface area contributed by atoms with Crippen LogP contribution in [0.15, 0.2) is 59.5 Å². The van der Waals surface area contributed by atoms with Gasteiger partial charge in [0.1, 0.15) is 10.7 Å². The lowest BCUT2D eigenvalue weighted by Gasteiger charge is -2.34. The molecule has 31 heavy (non-hydrogen) atoms. The van der Waals surface area contributed by atoms with E-state index in [1.54, 1.807) is 4.90 Å². The molecule has 4 rings (SSSR count). The highest BCUT2D eigenvalue weighted by molar-refractivity contribution is 7.89. The number of rotatable bonds is 5. The molecule has 0 spiro atoms. The largest absolute Gasteiger partial charge is 0.371 e. The van der Waals surface area contributed by atoms with Gasteiger partial charge in [-0.1, -0.05) is 30.3 Å². The van der Waals surface area contributed by atoms with Gasteiger partial charge in [0.2, 0.25) is 10.0 Å². The number of halogens is 1. The number of carbonyl (C=O) groups excluding carboxylic acids is 1. The molecule has 2 amide bonds. The van der Waals surface area contributed by atoms with E-state index in [0.29, 0.717) is 12.5 Å². The van der Waals surface area contributed by atoms with Crippen molar-refractivity contribution in [2.75, 3.05) is 50.7 Å². The van der Waals surface area contributed by atoms with Gasteiger partial charge < -0.3 is 15.1 Å². The molecule has 2 saturated heterocycles. The first kappa shape index (κ1) is 21.6. The molecule has 0 radical (unpaired) electrons. The maximum atomic E-state index is 13.9. The van der Waals surface area contributed by atoms with Crippen LogP contribution in [0.1, 0.15) is 6.42 Å². The molecule has 7 nitrogen and oxygen atoms in total. The van der Waals surface area contributed by atoms with Gasteiger partial charge in [0.05, 0.1) is 0 Å². The third kappa shape index (κ3) is 4.83. The summed E-state index contributed by atoms with van der Waals surface area (Å²) in [5, 5.41) is 2.99. The van der Waals surface area contributed by atoms with Crippen molar-refractivity contribution >= 4 is 21.7 Å². The number of hydrogen-bond donors (Lipinski definition) is 1. The van der Waals surface area contributed by atoms with E-state index in [9.17, 15) is 17.6 Å². The van der Waals surface area contributed by atoms with Gasteiger partial charge in [0, 0.05) is 51.5 Å². The number of hydrogen-bond acceptors (Lipinski definition) is 4. The van der Waals surface area contributed by atoms with Gasteiger partial charge >= 0.3 is 6.03 Å². The van der Waals surface area contributed by atoms with Crippen molar-refractivity contribution in [3.8, 4) is 0 Å². The van der Waals surface area contributed by atoms with E-state index >= 15 is 0 Å². The van der Waals surface area contributed by atoms with Gasteiger partial charge in [0.15, 0.2) is 0 Å². The van der Waals surface area contributed by atoms with Gasteiger partial charge in [0.25, 0.3) is 0 Å². The molecule has 0 bridgehead atoms. The van der Waals surface area contributed by atoms with Crippen LogP contribution < -0.4 is 10.2 Å². The average molecular weight is 447 g/mol. The van der Waals surface area contributed by atoms with Crippen LogP contribution in [0.3, 0.4) is 0 Å². The predicted octanol–water partition coefficient (Wildman–Crippen LogP) is 2.37. The van der Waals surface area contributed by atoms with Crippen molar-refractivity contribution in [1.82, 2.24) is 14.5 Å². The highest BCUT2D eigenvalue weighted by atomic mass is 32.2. The second-order valence-corrected chi connectivity index (χ2v) is 9.85. The van der Waals surface area contributed by atoms with Crippen LogP contribution >= 0.6 is 0 Å². The second kappa shape index (κ2) is 9.23. The Hall–Kier alpha value is -2.65. The van der Waals surface area contributed by atoms with Crippen molar-refractivity contribution in [2.45, 2.75) is 11.3 Å². The Bertz CT molecular complexity index is 1010. The second-order valence-electron chi connectivity index (χ2n) is 7.94. The molecule has 2 aromatic rings. The van der Waals surface area contributed by atoms with E-state index in [2.05, 4.69) is 22.3 Å². The lowest BCUT2D eigenvalue weighted by atomic mass is 10.1. The fraction of sp³-hybridized carbons (Fsp3) is 0.409. The van der Waals surface area contributed by atoms with E-state index in [0.717, 1.165) is 25.6 Å². The summed E-state index contributed by atoms with van der Waals surface area (Å²) in [6, 6.07) is 15.4. The van der Waals surface area contributed by atoms with E-state index in [-0.39, 0.29) is 37.1 Å². The molecule has 2 fully saturated rings. The lowest BCUT2D eigenvalue weighted by Crippen LogP contribution is -2.53. The zero-order valence-corrected chi connectivity index (χ0v) is 18.1. The lowest BCUT2D eigenvalue weighted by molar-refractivity contribution is 0.171. The smallest absolute Gasteiger partial charge is 0.317 e. The van der Waals surface area contributed by atoms with E-state index < -0.39 is 15.8 Å². The standard InChI is InChI=1S/C22H27FN4O3S/c23-20-8-4-5-9-21(20)31(29,30)27-14-12-25(13-15-27)22(28)24-16-18-10-11-26(17-18)19-6-2-1-3-7-19/h1-9,18H,10-17H2,(H,24,28). The average Bonchev–Trinajstić information content (AvgIpc) is 3.27. The number of carbonyl (C=O) groups is 1. The van der Waals surface area contributed by atoms with Crippen LogP contribution in [0.2, 0.25) is 0 Å². The van der Waals surface area contributed by atoms with Crippen molar-refractivity contribution in [3.05, 3.63) is 60.4 Å². The summed E-state index contributed by atoms with van der Waals surface area (Å²) in [4.78, 5) is 16.2. The molecule has 0 saturated carbocycles. The molecule has 2 aliphatic heterocycles. The summed E-state index contributed by atoms with van der Waals surface area (Å²) in [6.07, 6.45) is 1.02. The summed E-state index contributed by atoms with van der Waals surface area (Å²) in [5.74, 6) is -0.379. The van der Waals surface area contributed by atoms with Crippen LogP contribution in [0.4, 0.5) is 14.9 Å². The number of amides is 2. The predicted molar refractivity (Wildman–Crippen MR) is 117 cm³/mol. The number of nitrogens with one attached hydrogen (secondary N) is 1. The Morgan fingerprint density at radius 2 is 1.65 bits per heavy atom. The maximum Gasteiger partial charge on any atom is 0.317 e. The molecule has 2 aliphatic rings. The molecule has 2 heterocycles. The van der Waals surface area contributed by atoms with E-state index in [1.807, 2.05) is 18.2 Å². The number of sulfonamides is 1. The number of anilines is 1. The van der Waals surface area contributed by atoms with Crippen molar-refractivity contribution in [3.63, 3.8) is 0 Å². The molecule has 2 aromatic carbocycles. The van der Waals surface area contributed by atoms with Crippen molar-refractivity contribution in [1.29, 1.82) is 0 Å². The fourth-order valence-electron chi connectivity index (χ4n) is 4.14. The van der Waals surface area contributed by atoms with Crippen LogP contribution in [-0.4, -0.2) is 69.5 Å². The summed E-state index contributed by atoms with van der Waals surface area (Å²) in [7, 11) is -3.91. The molecule has 0 aromatic heterocycles. The molecule has 0 aliphatic carbocycles. The summed E-state index contributed by atoms with van der Waals surface area (Å²) < 4.78 is 40.6. The van der Waals surface area contributed by atoms with Gasteiger partial charge in [-0.25, -0.2) is 17.6 Å². The highest BCUT2D eigenvalue weighted by Crippen LogP contribution is 2.23. The number of piperazine rings is 1. The quantitative estimate of drug-likeness (QED) is 0.766. The van der Waals surface area contributed by atoms with Crippen molar-refractivity contribution < 1.29 is 17.6 Å². The molecule has 166 valence electrons. The third-order valence-corrected chi connectivity index (χ3v) is 7.86. The SMILES string of the molecule is O=C(NCC1CCN(c2ccccc2)C1)N1CCN(S(=O)(=O)c2ccccc2F)CC1. The summed E-state index contributed by atoms with van der Waals surface area (Å²) in [5.41, 5.74) is 1.20. The Balaban J connectivity index is 1.25. The van der Waals surface area contributed by atoms with Crippen LogP contribution in [0.25, 0.3) is 0 Å². The van der Waals surface area contributed by atoms with Crippen LogP contribution in [0, 0.1) is 11.7 Å². The molecule has 9 heteroatoms. The van der Waals surface area contributed by atoms with Crippen LogP contribution in [0.5, 0.6) is 0 Å². The Morgan fingerprint density at radius 3 is 2.35 bits per heavy atom. The van der Waals surface area contributed by atoms with Gasteiger partial charge in [-0.2, -0.15) is 4.31 Å². The molecule has 1 unspecified atom stereocenters. The van der Waals surface area contributed by atoms with Gasteiger partial charge in [-0.05, 0) is 36.6 Å². The van der Waals surface area contributed by atoms with Crippen molar-refractivity contribution in [2.24, 2.45) is 5.92 Å². The van der Waals surface area contributed by atoms with E-state index in [4.69, 9.17) is 0 Å². The van der Waals surface area contributed by atoms with Crippen LogP contribution in [-0.2, 0) is 10.0 Å². The topological polar surface area (TPSA) is 73.0 Å². The maximum absolute atomic E-state index is 13.9. The normalized spacial score (nSPS) is 20.1. The minimum Gasteiger partial charge on any atom is -0.371 e. The minimum absolute atomic E-state index is 0.148. The molecule has 1 N–H and O–H groups in total. The van der Waals surface area contributed by atoms with Gasteiger partial charge in [-0.15, -0.1) is 0 Å². The first-order valence-electron chi connectivity index (χ1n) is 10.5. The minimum atomic E-state index is -3.91. The number of nitrogens with zero attached hydrogens (tertiary/aromatic N) is 3. The van der Waals surface area contributed by atoms with E-state index in [1.165, 1.54) is 28.2 Å². The molecule has 1 atom stereocenters. The molecular weight excluding hydrogens is 419 g/mol. The fourth-order valence-corrected chi connectivity index (χ4v) is 5.63. The first-order chi connectivity index (χ1) is 14.9. The Labute approximate surface area is 182 Å². The summed E-state index contributed by atoms with van der Waals surface area (Å²) >= 11 is 0. The highest BCUT2D eigenvalue weighted by Gasteiger charge is 2.32. The Morgan fingerprint density at radius 1 is 0.968 bits per heavy atom. The zero-order chi connectivity index (χ0) is 21.8. The number of urea groups is 1. The molecular formula is C22H27FN4O3S. The first-order valence-corrected chi connectivity index (χ1v) is 12.0.